The lowest BCUT2D eigenvalue weighted by molar-refractivity contribution is -0.105. The molecule has 1 aromatic rings. The SMILES string of the molecule is Cc1cccc(CCCCCCl)c1SCC(F)(F)F. The number of thioether (sulfide) groups is 1. The van der Waals surface area contributed by atoms with E-state index in [1.807, 2.05) is 25.1 Å². The van der Waals surface area contributed by atoms with Crippen LogP contribution in [0.25, 0.3) is 0 Å². The Bertz CT molecular complexity index is 391. The van der Waals surface area contributed by atoms with Crippen molar-refractivity contribution in [1.29, 1.82) is 0 Å². The fourth-order valence-corrected chi connectivity index (χ4v) is 3.01. The van der Waals surface area contributed by atoms with E-state index in [1.165, 1.54) is 0 Å². The summed E-state index contributed by atoms with van der Waals surface area (Å²) in [7, 11) is 0. The summed E-state index contributed by atoms with van der Waals surface area (Å²) in [6.45, 7) is 1.86. The van der Waals surface area contributed by atoms with Crippen molar-refractivity contribution in [1.82, 2.24) is 0 Å². The molecule has 0 unspecified atom stereocenters. The van der Waals surface area contributed by atoms with E-state index in [0.29, 0.717) is 5.88 Å². The van der Waals surface area contributed by atoms with Gasteiger partial charge < -0.3 is 0 Å². The number of aryl methyl sites for hydroxylation is 2. The summed E-state index contributed by atoms with van der Waals surface area (Å²) < 4.78 is 37.0. The predicted molar refractivity (Wildman–Crippen MR) is 76.2 cm³/mol. The molecule has 0 fully saturated rings. The molecule has 0 radical (unpaired) electrons. The molecule has 0 bridgehead atoms. The maximum atomic E-state index is 12.3. The van der Waals surface area contributed by atoms with Crippen LogP contribution in [-0.2, 0) is 6.42 Å². The maximum Gasteiger partial charge on any atom is 0.398 e. The van der Waals surface area contributed by atoms with Crippen molar-refractivity contribution < 1.29 is 13.2 Å². The first-order valence-corrected chi connectivity index (χ1v) is 7.80. The lowest BCUT2D eigenvalue weighted by Crippen LogP contribution is -2.11. The molecule has 0 heterocycles. The maximum absolute atomic E-state index is 12.3. The van der Waals surface area contributed by atoms with Gasteiger partial charge in [0.1, 0.15) is 0 Å². The van der Waals surface area contributed by atoms with Crippen LogP contribution in [0.3, 0.4) is 0 Å². The van der Waals surface area contributed by atoms with Gasteiger partial charge in [-0.15, -0.1) is 23.4 Å². The van der Waals surface area contributed by atoms with Gasteiger partial charge in [0.15, 0.2) is 0 Å². The van der Waals surface area contributed by atoms with E-state index in [2.05, 4.69) is 0 Å². The number of rotatable bonds is 7. The first-order valence-electron chi connectivity index (χ1n) is 6.28. The Labute approximate surface area is 121 Å². The number of hydrogen-bond acceptors (Lipinski definition) is 1. The third kappa shape index (κ3) is 6.57. The van der Waals surface area contributed by atoms with E-state index in [0.717, 1.165) is 53.5 Å². The molecule has 1 aromatic carbocycles. The van der Waals surface area contributed by atoms with E-state index in [1.54, 1.807) is 0 Å². The Hall–Kier alpha value is -0.350. The Morgan fingerprint density at radius 1 is 1.16 bits per heavy atom. The Morgan fingerprint density at radius 3 is 2.53 bits per heavy atom. The summed E-state index contributed by atoms with van der Waals surface area (Å²) in [5.41, 5.74) is 1.94. The smallest absolute Gasteiger partial charge is 0.170 e. The molecular formula is C14H18ClF3S. The molecule has 5 heteroatoms. The van der Waals surface area contributed by atoms with Crippen LogP contribution in [0.4, 0.5) is 13.2 Å². The van der Waals surface area contributed by atoms with Crippen molar-refractivity contribution in [3.8, 4) is 0 Å². The summed E-state index contributed by atoms with van der Waals surface area (Å²) in [6.07, 6.45) is -0.365. The molecule has 0 aliphatic rings. The molecule has 0 N–H and O–H groups in total. The van der Waals surface area contributed by atoms with Crippen LogP contribution in [0.5, 0.6) is 0 Å². The minimum Gasteiger partial charge on any atom is -0.170 e. The highest BCUT2D eigenvalue weighted by Crippen LogP contribution is 2.32. The Balaban J connectivity index is 2.66. The van der Waals surface area contributed by atoms with Crippen LogP contribution in [0.2, 0.25) is 0 Å². The van der Waals surface area contributed by atoms with Gasteiger partial charge in [0.05, 0.1) is 5.75 Å². The largest absolute Gasteiger partial charge is 0.398 e. The number of benzene rings is 1. The van der Waals surface area contributed by atoms with Crippen LogP contribution < -0.4 is 0 Å². The monoisotopic (exact) mass is 310 g/mol. The molecule has 0 amide bonds. The highest BCUT2D eigenvalue weighted by Gasteiger charge is 2.27. The van der Waals surface area contributed by atoms with Gasteiger partial charge in [-0.3, -0.25) is 0 Å². The van der Waals surface area contributed by atoms with E-state index >= 15 is 0 Å². The molecule has 0 atom stereocenters. The lowest BCUT2D eigenvalue weighted by Gasteiger charge is -2.13. The Kier molecular flexibility index (Phi) is 7.08. The zero-order valence-electron chi connectivity index (χ0n) is 10.9. The van der Waals surface area contributed by atoms with Crippen molar-refractivity contribution >= 4 is 23.4 Å². The average Bonchev–Trinajstić information content (AvgIpc) is 2.32. The first kappa shape index (κ1) is 16.7. The number of alkyl halides is 4. The summed E-state index contributed by atoms with van der Waals surface area (Å²) in [4.78, 5) is 0.783. The quantitative estimate of drug-likeness (QED) is 0.359. The molecule has 0 saturated carbocycles. The normalized spacial score (nSPS) is 11.8. The van der Waals surface area contributed by atoms with Gasteiger partial charge in [0, 0.05) is 10.8 Å². The molecule has 0 aromatic heterocycles. The molecule has 19 heavy (non-hydrogen) atoms. The van der Waals surface area contributed by atoms with E-state index < -0.39 is 11.9 Å². The second kappa shape index (κ2) is 8.05. The summed E-state index contributed by atoms with van der Waals surface area (Å²) >= 11 is 6.50. The number of unbranched alkanes of at least 4 members (excludes halogenated alkanes) is 2. The average molecular weight is 311 g/mol. The number of hydrogen-bond donors (Lipinski definition) is 0. The highest BCUT2D eigenvalue weighted by atomic mass is 35.5. The van der Waals surface area contributed by atoms with Crippen molar-refractivity contribution in [3.63, 3.8) is 0 Å². The zero-order chi connectivity index (χ0) is 14.3. The van der Waals surface area contributed by atoms with Gasteiger partial charge in [0.25, 0.3) is 0 Å². The molecule has 0 nitrogen and oxygen atoms in total. The van der Waals surface area contributed by atoms with Crippen LogP contribution in [0.1, 0.15) is 30.4 Å². The molecule has 0 aliphatic carbocycles. The van der Waals surface area contributed by atoms with Gasteiger partial charge in [-0.25, -0.2) is 0 Å². The summed E-state index contributed by atoms with van der Waals surface area (Å²) in [6, 6.07) is 5.69. The fraction of sp³-hybridized carbons (Fsp3) is 0.571. The summed E-state index contributed by atoms with van der Waals surface area (Å²) in [5.74, 6) is -0.184. The lowest BCUT2D eigenvalue weighted by atomic mass is 10.0. The van der Waals surface area contributed by atoms with Crippen molar-refractivity contribution in [2.45, 2.75) is 43.7 Å². The standard InChI is InChI=1S/C14H18ClF3S/c1-11-6-5-8-12(7-3-2-4-9-15)13(11)19-10-14(16,17)18/h5-6,8H,2-4,7,9-10H2,1H3. The molecule has 108 valence electrons. The summed E-state index contributed by atoms with van der Waals surface area (Å²) in [5, 5.41) is 0. The van der Waals surface area contributed by atoms with Crippen molar-refractivity contribution in [2.75, 3.05) is 11.6 Å². The molecule has 0 saturated heterocycles. The first-order chi connectivity index (χ1) is 8.94. The minimum absolute atomic E-state index is 0.642. The second-order valence-corrected chi connectivity index (χ2v) is 5.83. The topological polar surface area (TPSA) is 0 Å². The van der Waals surface area contributed by atoms with Gasteiger partial charge in [-0.1, -0.05) is 24.6 Å². The van der Waals surface area contributed by atoms with Crippen molar-refractivity contribution in [2.24, 2.45) is 0 Å². The molecule has 0 aliphatic heterocycles. The van der Waals surface area contributed by atoms with Gasteiger partial charge in [-0.05, 0) is 37.3 Å². The van der Waals surface area contributed by atoms with Crippen molar-refractivity contribution in [3.05, 3.63) is 29.3 Å². The minimum atomic E-state index is -4.12. The fourth-order valence-electron chi connectivity index (χ4n) is 1.86. The second-order valence-electron chi connectivity index (χ2n) is 4.47. The molecular weight excluding hydrogens is 293 g/mol. The number of halogens is 4. The van der Waals surface area contributed by atoms with E-state index in [-0.39, 0.29) is 0 Å². The zero-order valence-corrected chi connectivity index (χ0v) is 12.5. The van der Waals surface area contributed by atoms with Gasteiger partial charge >= 0.3 is 6.18 Å². The Morgan fingerprint density at radius 2 is 1.89 bits per heavy atom. The molecule has 0 spiro atoms. The highest BCUT2D eigenvalue weighted by molar-refractivity contribution is 7.99. The van der Waals surface area contributed by atoms with Crippen LogP contribution in [-0.4, -0.2) is 17.8 Å². The van der Waals surface area contributed by atoms with Gasteiger partial charge in [-0.2, -0.15) is 13.2 Å². The van der Waals surface area contributed by atoms with Crippen LogP contribution in [0.15, 0.2) is 23.1 Å². The van der Waals surface area contributed by atoms with Gasteiger partial charge in [0.2, 0.25) is 0 Å². The van der Waals surface area contributed by atoms with Crippen LogP contribution >= 0.6 is 23.4 Å². The van der Waals surface area contributed by atoms with Crippen LogP contribution in [0, 0.1) is 6.92 Å². The predicted octanol–water partition coefficient (Wildman–Crippen LogP) is 5.60. The van der Waals surface area contributed by atoms with E-state index in [9.17, 15) is 13.2 Å². The molecule has 1 rings (SSSR count). The third-order valence-electron chi connectivity index (χ3n) is 2.75. The van der Waals surface area contributed by atoms with E-state index in [4.69, 9.17) is 11.6 Å². The third-order valence-corrected chi connectivity index (χ3v) is 4.37.